The number of nitrogens with zero attached hydrogens (tertiary/aromatic N) is 2. The molecule has 1 amide bonds. The number of carbonyl (C=O) groups excluding carboxylic acids is 1. The van der Waals surface area contributed by atoms with Crippen LogP contribution in [0.15, 0.2) is 66.7 Å². The fourth-order valence-corrected chi connectivity index (χ4v) is 5.47. The molecule has 4 rings (SSSR count). The Bertz CT molecular complexity index is 1190. The van der Waals surface area contributed by atoms with E-state index in [9.17, 15) is 4.79 Å². The Morgan fingerprint density at radius 1 is 0.732 bits per heavy atom. The summed E-state index contributed by atoms with van der Waals surface area (Å²) in [6.45, 7) is 3.62. The van der Waals surface area contributed by atoms with Gasteiger partial charge in [0.25, 0.3) is 0 Å². The van der Waals surface area contributed by atoms with Gasteiger partial charge in [-0.15, -0.1) is 0 Å². The molecule has 0 bridgehead atoms. The van der Waals surface area contributed by atoms with Gasteiger partial charge >= 0.3 is 0 Å². The van der Waals surface area contributed by atoms with E-state index in [2.05, 4.69) is 11.9 Å². The van der Waals surface area contributed by atoms with Crippen LogP contribution in [0.4, 0.5) is 0 Å². The van der Waals surface area contributed by atoms with Crippen LogP contribution in [0.25, 0.3) is 0 Å². The van der Waals surface area contributed by atoms with Crippen molar-refractivity contribution in [3.8, 4) is 28.7 Å². The second-order valence-electron chi connectivity index (χ2n) is 10.3. The van der Waals surface area contributed by atoms with Gasteiger partial charge in [-0.05, 0) is 61.7 Å². The van der Waals surface area contributed by atoms with Crippen molar-refractivity contribution in [3.63, 3.8) is 0 Å². The highest BCUT2D eigenvalue weighted by atomic mass is 16.5. The number of hydrogen-bond donors (Lipinski definition) is 0. The molecule has 220 valence electrons. The van der Waals surface area contributed by atoms with Gasteiger partial charge in [0, 0.05) is 44.4 Å². The third-order valence-electron chi connectivity index (χ3n) is 7.83. The first kappa shape index (κ1) is 30.1. The van der Waals surface area contributed by atoms with E-state index >= 15 is 0 Å². The predicted molar refractivity (Wildman–Crippen MR) is 160 cm³/mol. The molecule has 1 heterocycles. The van der Waals surface area contributed by atoms with Gasteiger partial charge in [-0.25, -0.2) is 0 Å². The number of carbonyl (C=O) groups is 1. The molecule has 1 aliphatic heterocycles. The first-order valence-electron chi connectivity index (χ1n) is 14.1. The number of rotatable bonds is 14. The van der Waals surface area contributed by atoms with Crippen molar-refractivity contribution in [1.29, 1.82) is 0 Å². The number of amides is 1. The zero-order chi connectivity index (χ0) is 29.2. The lowest BCUT2D eigenvalue weighted by molar-refractivity contribution is -0.139. The minimum atomic E-state index is -0.749. The van der Waals surface area contributed by atoms with Gasteiger partial charge in [-0.1, -0.05) is 24.3 Å². The summed E-state index contributed by atoms with van der Waals surface area (Å²) >= 11 is 0. The van der Waals surface area contributed by atoms with Crippen LogP contribution in [0.5, 0.6) is 28.7 Å². The summed E-state index contributed by atoms with van der Waals surface area (Å²) in [6, 6.07) is 21.4. The molecule has 0 atom stereocenters. The van der Waals surface area contributed by atoms with Crippen LogP contribution < -0.4 is 23.7 Å². The van der Waals surface area contributed by atoms with Gasteiger partial charge in [0.2, 0.25) is 5.91 Å². The van der Waals surface area contributed by atoms with Crippen LogP contribution in [-0.4, -0.2) is 84.0 Å². The number of likely N-dealkylation sites (tertiary alicyclic amines) is 1. The zero-order valence-electron chi connectivity index (χ0n) is 24.9. The van der Waals surface area contributed by atoms with Crippen molar-refractivity contribution in [2.24, 2.45) is 0 Å². The minimum Gasteiger partial charge on any atom is -0.497 e. The van der Waals surface area contributed by atoms with Crippen LogP contribution in [0.2, 0.25) is 0 Å². The first-order valence-corrected chi connectivity index (χ1v) is 14.1. The van der Waals surface area contributed by atoms with Crippen molar-refractivity contribution >= 4 is 5.91 Å². The summed E-state index contributed by atoms with van der Waals surface area (Å²) in [5.74, 6) is 3.80. The number of piperidine rings is 1. The third-order valence-corrected chi connectivity index (χ3v) is 7.83. The standard InChI is InChI=1S/C33H42N2O6/c1-34(17-7-21-41-31-23-29(39-4)22-30(24-31)40-5)19-20-35-18-6-16-33(32(35)36,25-8-12-27(37-2)13-9-25)26-10-14-28(38-3)15-11-26/h8-15,22-24H,6-7,16-21H2,1-5H3. The molecule has 1 aliphatic rings. The van der Waals surface area contributed by atoms with Crippen LogP contribution in [0.1, 0.15) is 30.4 Å². The number of ether oxygens (including phenoxy) is 5. The van der Waals surface area contributed by atoms with E-state index in [-0.39, 0.29) is 5.91 Å². The predicted octanol–water partition coefficient (Wildman–Crippen LogP) is 5.03. The minimum absolute atomic E-state index is 0.141. The molecule has 1 saturated heterocycles. The maximum absolute atomic E-state index is 14.3. The zero-order valence-corrected chi connectivity index (χ0v) is 24.9. The fraction of sp³-hybridized carbons (Fsp3) is 0.424. The van der Waals surface area contributed by atoms with Gasteiger partial charge in [-0.3, -0.25) is 4.79 Å². The molecular weight excluding hydrogens is 520 g/mol. The van der Waals surface area contributed by atoms with Gasteiger partial charge < -0.3 is 33.5 Å². The largest absolute Gasteiger partial charge is 0.497 e. The molecule has 0 aromatic heterocycles. The number of benzene rings is 3. The molecule has 8 nitrogen and oxygen atoms in total. The molecule has 41 heavy (non-hydrogen) atoms. The van der Waals surface area contributed by atoms with E-state index in [4.69, 9.17) is 23.7 Å². The van der Waals surface area contributed by atoms with E-state index in [1.54, 1.807) is 28.4 Å². The second-order valence-corrected chi connectivity index (χ2v) is 10.3. The maximum atomic E-state index is 14.3. The molecule has 3 aromatic rings. The SMILES string of the molecule is COc1ccc(C2(c3ccc(OC)cc3)CCCN(CCN(C)CCCOc3cc(OC)cc(OC)c3)C2=O)cc1. The van der Waals surface area contributed by atoms with Gasteiger partial charge in [0.15, 0.2) is 0 Å². The average Bonchev–Trinajstić information content (AvgIpc) is 3.02. The van der Waals surface area contributed by atoms with Crippen molar-refractivity contribution in [2.45, 2.75) is 24.7 Å². The van der Waals surface area contributed by atoms with Crippen molar-refractivity contribution in [3.05, 3.63) is 77.9 Å². The Balaban J connectivity index is 1.39. The average molecular weight is 563 g/mol. The van der Waals surface area contributed by atoms with E-state index in [0.29, 0.717) is 24.7 Å². The molecule has 0 aliphatic carbocycles. The summed E-state index contributed by atoms with van der Waals surface area (Å²) in [5.41, 5.74) is 1.22. The lowest BCUT2D eigenvalue weighted by Gasteiger charge is -2.43. The molecule has 3 aromatic carbocycles. The van der Waals surface area contributed by atoms with E-state index in [0.717, 1.165) is 67.3 Å². The Hall–Kier alpha value is -3.91. The molecule has 0 spiro atoms. The molecule has 0 radical (unpaired) electrons. The highest BCUT2D eigenvalue weighted by molar-refractivity contribution is 5.93. The van der Waals surface area contributed by atoms with Gasteiger partial charge in [0.05, 0.1) is 40.5 Å². The number of likely N-dealkylation sites (N-methyl/N-ethyl adjacent to an activating group) is 1. The van der Waals surface area contributed by atoms with Gasteiger partial charge in [0.1, 0.15) is 28.7 Å². The summed E-state index contributed by atoms with van der Waals surface area (Å²) in [5, 5.41) is 0. The quantitative estimate of drug-likeness (QED) is 0.255. The number of methoxy groups -OCH3 is 4. The topological polar surface area (TPSA) is 69.7 Å². The Morgan fingerprint density at radius 3 is 1.76 bits per heavy atom. The smallest absolute Gasteiger partial charge is 0.237 e. The highest BCUT2D eigenvalue weighted by Gasteiger charge is 2.46. The molecule has 0 saturated carbocycles. The lowest BCUT2D eigenvalue weighted by atomic mass is 9.68. The van der Waals surface area contributed by atoms with Crippen molar-refractivity contribution in [2.75, 3.05) is 68.3 Å². The second kappa shape index (κ2) is 14.1. The van der Waals surface area contributed by atoms with Crippen molar-refractivity contribution < 1.29 is 28.5 Å². The van der Waals surface area contributed by atoms with Crippen LogP contribution in [0, 0.1) is 0 Å². The summed E-state index contributed by atoms with van der Waals surface area (Å²) < 4.78 is 27.4. The Labute approximate surface area is 243 Å². The first-order chi connectivity index (χ1) is 19.9. The molecule has 8 heteroatoms. The van der Waals surface area contributed by atoms with Gasteiger partial charge in [-0.2, -0.15) is 0 Å². The Kier molecular flexibility index (Phi) is 10.4. The highest BCUT2D eigenvalue weighted by Crippen LogP contribution is 2.42. The van der Waals surface area contributed by atoms with E-state index in [1.807, 2.05) is 71.6 Å². The van der Waals surface area contributed by atoms with Crippen LogP contribution in [-0.2, 0) is 10.2 Å². The normalized spacial score (nSPS) is 14.6. The summed E-state index contributed by atoms with van der Waals surface area (Å²) in [7, 11) is 8.64. The summed E-state index contributed by atoms with van der Waals surface area (Å²) in [4.78, 5) is 18.6. The van der Waals surface area contributed by atoms with E-state index in [1.165, 1.54) is 0 Å². The van der Waals surface area contributed by atoms with Crippen molar-refractivity contribution in [1.82, 2.24) is 9.80 Å². The molecular formula is C33H42N2O6. The molecule has 1 fully saturated rings. The van der Waals surface area contributed by atoms with Crippen LogP contribution in [0.3, 0.4) is 0 Å². The monoisotopic (exact) mass is 562 g/mol. The molecule has 0 N–H and O–H groups in total. The maximum Gasteiger partial charge on any atom is 0.237 e. The summed E-state index contributed by atoms with van der Waals surface area (Å²) in [6.07, 6.45) is 2.53. The van der Waals surface area contributed by atoms with Crippen LogP contribution >= 0.6 is 0 Å². The lowest BCUT2D eigenvalue weighted by Crippen LogP contribution is -2.53. The Morgan fingerprint density at radius 2 is 1.24 bits per heavy atom. The number of hydrogen-bond acceptors (Lipinski definition) is 7. The fourth-order valence-electron chi connectivity index (χ4n) is 5.47. The third kappa shape index (κ3) is 7.06. The van der Waals surface area contributed by atoms with E-state index < -0.39 is 5.41 Å². The molecule has 0 unspecified atom stereocenters.